The molecule has 27 heavy (non-hydrogen) atoms. The molecule has 6 nitrogen and oxygen atoms in total. The number of nitrogens with one attached hydrogen (secondary N) is 2. The van der Waals surface area contributed by atoms with Crippen LogP contribution in [0, 0.1) is 13.8 Å². The van der Waals surface area contributed by atoms with E-state index in [0.717, 1.165) is 33.7 Å². The van der Waals surface area contributed by atoms with Gasteiger partial charge in [-0.05, 0) is 40.2 Å². The Kier molecular flexibility index (Phi) is 5.17. The summed E-state index contributed by atoms with van der Waals surface area (Å²) in [6, 6.07) is 9.85. The minimum Gasteiger partial charge on any atom is -0.460 e. The van der Waals surface area contributed by atoms with Crippen molar-refractivity contribution in [3.8, 4) is 11.4 Å². The lowest BCUT2D eigenvalue weighted by Crippen LogP contribution is -2.25. The van der Waals surface area contributed by atoms with Gasteiger partial charge in [0.25, 0.3) is 0 Å². The van der Waals surface area contributed by atoms with Gasteiger partial charge in [0.2, 0.25) is 0 Å². The van der Waals surface area contributed by atoms with Crippen LogP contribution in [0.25, 0.3) is 22.4 Å². The number of hydrogen-bond donors (Lipinski definition) is 2. The van der Waals surface area contributed by atoms with Crippen molar-refractivity contribution in [3.05, 3.63) is 41.6 Å². The van der Waals surface area contributed by atoms with Gasteiger partial charge in [-0.3, -0.25) is 4.79 Å². The van der Waals surface area contributed by atoms with Crippen LogP contribution in [0.5, 0.6) is 0 Å². The van der Waals surface area contributed by atoms with Gasteiger partial charge in [0, 0.05) is 17.8 Å². The number of aromatic amines is 1. The van der Waals surface area contributed by atoms with E-state index in [9.17, 15) is 4.79 Å². The lowest BCUT2D eigenvalue weighted by atomic mass is 10.2. The van der Waals surface area contributed by atoms with Crippen molar-refractivity contribution in [3.63, 3.8) is 0 Å². The van der Waals surface area contributed by atoms with Gasteiger partial charge in [-0.25, -0.2) is 9.97 Å². The molecular formula is C21H26N4O2. The number of anilines is 1. The van der Waals surface area contributed by atoms with E-state index in [0.29, 0.717) is 12.4 Å². The molecular weight excluding hydrogens is 340 g/mol. The molecule has 142 valence electrons. The first-order valence-corrected chi connectivity index (χ1v) is 9.12. The minimum absolute atomic E-state index is 0.231. The average Bonchev–Trinajstić information content (AvgIpc) is 2.88. The second kappa shape index (κ2) is 7.39. The molecule has 3 rings (SSSR count). The monoisotopic (exact) mass is 366 g/mol. The molecule has 0 aliphatic heterocycles. The van der Waals surface area contributed by atoms with E-state index in [2.05, 4.69) is 15.3 Å². The standard InChI is InChI=1S/C21H26N4O2/c1-13-14(2)23-20-17(13)19(22-12-11-16(26)27-21(3,4)5)24-18(25-20)15-9-7-6-8-10-15/h6-10H,11-12H2,1-5H3,(H2,22,23,24,25). The Labute approximate surface area is 159 Å². The normalized spacial score (nSPS) is 11.6. The minimum atomic E-state index is -0.478. The van der Waals surface area contributed by atoms with Crippen molar-refractivity contribution >= 4 is 22.8 Å². The van der Waals surface area contributed by atoms with E-state index in [1.165, 1.54) is 0 Å². The molecule has 2 N–H and O–H groups in total. The molecule has 0 saturated heterocycles. The van der Waals surface area contributed by atoms with E-state index in [1.807, 2.05) is 65.0 Å². The van der Waals surface area contributed by atoms with Crippen LogP contribution in [0.2, 0.25) is 0 Å². The predicted molar refractivity (Wildman–Crippen MR) is 108 cm³/mol. The van der Waals surface area contributed by atoms with E-state index in [1.54, 1.807) is 0 Å². The Morgan fingerprint density at radius 3 is 2.52 bits per heavy atom. The van der Waals surface area contributed by atoms with E-state index >= 15 is 0 Å². The maximum Gasteiger partial charge on any atom is 0.308 e. The fourth-order valence-corrected chi connectivity index (χ4v) is 2.89. The van der Waals surface area contributed by atoms with Crippen molar-refractivity contribution in [2.24, 2.45) is 0 Å². The van der Waals surface area contributed by atoms with Gasteiger partial charge in [0.05, 0.1) is 11.8 Å². The molecule has 0 saturated carbocycles. The van der Waals surface area contributed by atoms with Gasteiger partial charge in [-0.1, -0.05) is 30.3 Å². The fraction of sp³-hybridized carbons (Fsp3) is 0.381. The van der Waals surface area contributed by atoms with Gasteiger partial charge >= 0.3 is 5.97 Å². The number of H-pyrrole nitrogens is 1. The van der Waals surface area contributed by atoms with Crippen LogP contribution in [0.4, 0.5) is 5.82 Å². The van der Waals surface area contributed by atoms with Crippen LogP contribution in [-0.4, -0.2) is 33.1 Å². The summed E-state index contributed by atoms with van der Waals surface area (Å²) in [7, 11) is 0. The third-order valence-corrected chi connectivity index (χ3v) is 4.23. The van der Waals surface area contributed by atoms with Gasteiger partial charge in [-0.2, -0.15) is 0 Å². The highest BCUT2D eigenvalue weighted by Gasteiger charge is 2.17. The Balaban J connectivity index is 1.88. The van der Waals surface area contributed by atoms with Crippen molar-refractivity contribution < 1.29 is 9.53 Å². The number of carbonyl (C=O) groups is 1. The number of carbonyl (C=O) groups excluding carboxylic acids is 1. The highest BCUT2D eigenvalue weighted by atomic mass is 16.6. The van der Waals surface area contributed by atoms with Crippen LogP contribution in [0.1, 0.15) is 38.4 Å². The summed E-state index contributed by atoms with van der Waals surface area (Å²) in [4.78, 5) is 24.7. The van der Waals surface area contributed by atoms with Crippen molar-refractivity contribution in [1.82, 2.24) is 15.0 Å². The second-order valence-corrected chi connectivity index (χ2v) is 7.62. The molecule has 0 aliphatic rings. The van der Waals surface area contributed by atoms with Gasteiger partial charge < -0.3 is 15.0 Å². The molecule has 2 aromatic heterocycles. The average molecular weight is 366 g/mol. The van der Waals surface area contributed by atoms with Crippen LogP contribution >= 0.6 is 0 Å². The van der Waals surface area contributed by atoms with Gasteiger partial charge in [0.15, 0.2) is 5.82 Å². The van der Waals surface area contributed by atoms with E-state index in [4.69, 9.17) is 9.72 Å². The highest BCUT2D eigenvalue weighted by Crippen LogP contribution is 2.29. The second-order valence-electron chi connectivity index (χ2n) is 7.62. The SMILES string of the molecule is Cc1[nH]c2nc(-c3ccccc3)nc(NCCC(=O)OC(C)(C)C)c2c1C. The van der Waals surface area contributed by atoms with Crippen molar-refractivity contribution in [2.45, 2.75) is 46.6 Å². The number of rotatable bonds is 5. The third kappa shape index (κ3) is 4.45. The quantitative estimate of drug-likeness (QED) is 0.655. The van der Waals surface area contributed by atoms with E-state index in [-0.39, 0.29) is 12.4 Å². The van der Waals surface area contributed by atoms with Crippen LogP contribution in [-0.2, 0) is 9.53 Å². The molecule has 0 unspecified atom stereocenters. The summed E-state index contributed by atoms with van der Waals surface area (Å²) in [6.07, 6.45) is 0.270. The first kappa shape index (κ1) is 18.9. The molecule has 2 heterocycles. The van der Waals surface area contributed by atoms with Crippen LogP contribution in [0.3, 0.4) is 0 Å². The Bertz CT molecular complexity index is 956. The fourth-order valence-electron chi connectivity index (χ4n) is 2.89. The number of nitrogens with zero attached hydrogens (tertiary/aromatic N) is 2. The summed E-state index contributed by atoms with van der Waals surface area (Å²) in [6.45, 7) is 10.1. The lowest BCUT2D eigenvalue weighted by molar-refractivity contribution is -0.154. The maximum atomic E-state index is 12.0. The largest absolute Gasteiger partial charge is 0.460 e. The molecule has 0 spiro atoms. The first-order valence-electron chi connectivity index (χ1n) is 9.12. The molecule has 0 amide bonds. The number of fused-ring (bicyclic) bond motifs is 1. The topological polar surface area (TPSA) is 79.9 Å². The zero-order chi connectivity index (χ0) is 19.6. The van der Waals surface area contributed by atoms with Crippen LogP contribution in [0.15, 0.2) is 30.3 Å². The number of aryl methyl sites for hydroxylation is 2. The maximum absolute atomic E-state index is 12.0. The Morgan fingerprint density at radius 2 is 1.85 bits per heavy atom. The molecule has 6 heteroatoms. The Morgan fingerprint density at radius 1 is 1.15 bits per heavy atom. The number of benzene rings is 1. The molecule has 0 aliphatic carbocycles. The smallest absolute Gasteiger partial charge is 0.308 e. The Hall–Kier alpha value is -2.89. The summed E-state index contributed by atoms with van der Waals surface area (Å²) in [5.74, 6) is 1.14. The van der Waals surface area contributed by atoms with Crippen LogP contribution < -0.4 is 5.32 Å². The zero-order valence-electron chi connectivity index (χ0n) is 16.5. The summed E-state index contributed by atoms with van der Waals surface area (Å²) in [5.41, 5.74) is 3.41. The molecule has 0 bridgehead atoms. The predicted octanol–water partition coefficient (Wildman–Crippen LogP) is 4.39. The van der Waals surface area contributed by atoms with Gasteiger partial charge in [-0.15, -0.1) is 0 Å². The summed E-state index contributed by atoms with van der Waals surface area (Å²) in [5, 5.41) is 4.25. The molecule has 0 atom stereocenters. The molecule has 0 radical (unpaired) electrons. The van der Waals surface area contributed by atoms with E-state index < -0.39 is 5.60 Å². The van der Waals surface area contributed by atoms with Crippen molar-refractivity contribution in [1.29, 1.82) is 0 Å². The number of aromatic nitrogens is 3. The highest BCUT2D eigenvalue weighted by molar-refractivity contribution is 5.92. The number of hydrogen-bond acceptors (Lipinski definition) is 5. The molecule has 1 aromatic carbocycles. The molecule has 0 fully saturated rings. The zero-order valence-corrected chi connectivity index (χ0v) is 16.5. The lowest BCUT2D eigenvalue weighted by Gasteiger charge is -2.19. The molecule has 3 aromatic rings. The first-order chi connectivity index (χ1) is 12.7. The summed E-state index contributed by atoms with van der Waals surface area (Å²) < 4.78 is 5.37. The third-order valence-electron chi connectivity index (χ3n) is 4.23. The number of ether oxygens (including phenoxy) is 1. The summed E-state index contributed by atoms with van der Waals surface area (Å²) >= 11 is 0. The van der Waals surface area contributed by atoms with Crippen molar-refractivity contribution in [2.75, 3.05) is 11.9 Å². The van der Waals surface area contributed by atoms with Gasteiger partial charge in [0.1, 0.15) is 17.1 Å². The number of esters is 1.